The van der Waals surface area contributed by atoms with E-state index < -0.39 is 0 Å². The number of aliphatic hydroxyl groups excluding tert-OH is 1. The van der Waals surface area contributed by atoms with Crippen LogP contribution in [0.1, 0.15) is 33.6 Å². The molecule has 1 fully saturated rings. The third-order valence-electron chi connectivity index (χ3n) is 2.91. The van der Waals surface area contributed by atoms with Gasteiger partial charge in [0.2, 0.25) is 5.91 Å². The molecule has 4 heteroatoms. The Bertz CT molecular complexity index is 231. The van der Waals surface area contributed by atoms with Crippen LogP contribution in [0.3, 0.4) is 0 Å². The number of likely N-dealkylation sites (tertiary alicyclic amines) is 1. The number of rotatable bonds is 5. The van der Waals surface area contributed by atoms with Crippen molar-refractivity contribution in [1.82, 2.24) is 10.2 Å². The molecule has 0 aliphatic carbocycles. The van der Waals surface area contributed by atoms with E-state index in [0.717, 1.165) is 19.4 Å². The minimum atomic E-state index is -0.0281. The van der Waals surface area contributed by atoms with E-state index in [-0.39, 0.29) is 24.5 Å². The van der Waals surface area contributed by atoms with Crippen LogP contribution in [0.15, 0.2) is 0 Å². The van der Waals surface area contributed by atoms with Crippen LogP contribution in [0, 0.1) is 5.92 Å². The predicted molar refractivity (Wildman–Crippen MR) is 64.1 cm³/mol. The van der Waals surface area contributed by atoms with E-state index >= 15 is 0 Å². The average molecular weight is 228 g/mol. The van der Waals surface area contributed by atoms with Crippen molar-refractivity contribution in [2.45, 2.75) is 45.7 Å². The fraction of sp³-hybridized carbons (Fsp3) is 0.917. The Morgan fingerprint density at radius 1 is 1.50 bits per heavy atom. The molecule has 0 radical (unpaired) electrons. The number of carbonyl (C=O) groups excluding carboxylic acids is 1. The number of piperidine rings is 1. The van der Waals surface area contributed by atoms with Gasteiger partial charge in [0.15, 0.2) is 0 Å². The van der Waals surface area contributed by atoms with E-state index in [1.165, 1.54) is 0 Å². The van der Waals surface area contributed by atoms with Gasteiger partial charge in [0, 0.05) is 25.7 Å². The highest BCUT2D eigenvalue weighted by Gasteiger charge is 2.29. The van der Waals surface area contributed by atoms with Crippen molar-refractivity contribution in [3.63, 3.8) is 0 Å². The molecule has 1 saturated heterocycles. The summed E-state index contributed by atoms with van der Waals surface area (Å²) in [6, 6.07) is 0.309. The van der Waals surface area contributed by atoms with Crippen molar-refractivity contribution >= 4 is 5.91 Å². The minimum absolute atomic E-state index is 0.0281. The first-order valence-corrected chi connectivity index (χ1v) is 6.20. The van der Waals surface area contributed by atoms with E-state index in [9.17, 15) is 4.79 Å². The van der Waals surface area contributed by atoms with Gasteiger partial charge >= 0.3 is 0 Å². The Balaban J connectivity index is 2.50. The first-order chi connectivity index (χ1) is 7.54. The number of carbonyl (C=O) groups is 1. The fourth-order valence-corrected chi connectivity index (χ4v) is 2.11. The summed E-state index contributed by atoms with van der Waals surface area (Å²) >= 11 is 0. The summed E-state index contributed by atoms with van der Waals surface area (Å²) in [5.74, 6) is 0.363. The molecule has 1 heterocycles. The maximum Gasteiger partial charge on any atom is 0.239 e. The third kappa shape index (κ3) is 3.76. The van der Waals surface area contributed by atoms with Gasteiger partial charge in [-0.05, 0) is 18.8 Å². The number of amides is 1. The monoisotopic (exact) mass is 228 g/mol. The maximum absolute atomic E-state index is 12.1. The van der Waals surface area contributed by atoms with Crippen LogP contribution in [0.4, 0.5) is 0 Å². The smallest absolute Gasteiger partial charge is 0.239 e. The second-order valence-electron chi connectivity index (χ2n) is 5.09. The van der Waals surface area contributed by atoms with Crippen molar-refractivity contribution in [2.75, 3.05) is 19.7 Å². The molecule has 2 unspecified atom stereocenters. The average Bonchev–Trinajstić information content (AvgIpc) is 2.23. The Kier molecular flexibility index (Phi) is 5.22. The van der Waals surface area contributed by atoms with E-state index in [2.05, 4.69) is 19.2 Å². The molecule has 0 aromatic rings. The highest BCUT2D eigenvalue weighted by molar-refractivity contribution is 5.82. The van der Waals surface area contributed by atoms with E-state index in [1.54, 1.807) is 0 Å². The summed E-state index contributed by atoms with van der Waals surface area (Å²) in [7, 11) is 0. The Morgan fingerprint density at radius 3 is 2.75 bits per heavy atom. The molecule has 0 saturated carbocycles. The Labute approximate surface area is 98.0 Å². The van der Waals surface area contributed by atoms with Crippen LogP contribution in [0.2, 0.25) is 0 Å². The number of nitrogens with one attached hydrogen (secondary N) is 1. The quantitative estimate of drug-likeness (QED) is 0.724. The van der Waals surface area contributed by atoms with Gasteiger partial charge in [-0.3, -0.25) is 4.79 Å². The number of nitrogens with zero attached hydrogens (tertiary/aromatic N) is 1. The Hall–Kier alpha value is -0.610. The second-order valence-corrected chi connectivity index (χ2v) is 5.09. The van der Waals surface area contributed by atoms with Gasteiger partial charge in [-0.1, -0.05) is 20.8 Å². The van der Waals surface area contributed by atoms with Crippen LogP contribution in [0.25, 0.3) is 0 Å². The highest BCUT2D eigenvalue weighted by Crippen LogP contribution is 2.14. The maximum atomic E-state index is 12.1. The topological polar surface area (TPSA) is 52.6 Å². The first kappa shape index (κ1) is 13.5. The summed E-state index contributed by atoms with van der Waals surface area (Å²) in [5.41, 5.74) is 0. The molecule has 0 aromatic carbocycles. The summed E-state index contributed by atoms with van der Waals surface area (Å²) in [6.45, 7) is 7.73. The van der Waals surface area contributed by atoms with Crippen LogP contribution < -0.4 is 5.32 Å². The van der Waals surface area contributed by atoms with Crippen LogP contribution in [-0.2, 0) is 4.79 Å². The van der Waals surface area contributed by atoms with Crippen LogP contribution in [-0.4, -0.2) is 47.7 Å². The zero-order chi connectivity index (χ0) is 12.1. The zero-order valence-electron chi connectivity index (χ0n) is 10.6. The van der Waals surface area contributed by atoms with Gasteiger partial charge < -0.3 is 15.3 Å². The molecule has 0 spiro atoms. The first-order valence-electron chi connectivity index (χ1n) is 6.20. The molecular weight excluding hydrogens is 204 g/mol. The summed E-state index contributed by atoms with van der Waals surface area (Å²) in [5, 5.41) is 12.3. The predicted octanol–water partition coefficient (Wildman–Crippen LogP) is 0.604. The SMILES string of the molecule is CC(CO)CN1CCCC(NC(C)C)C1=O. The van der Waals surface area contributed by atoms with Crippen molar-refractivity contribution in [1.29, 1.82) is 0 Å². The summed E-state index contributed by atoms with van der Waals surface area (Å²) in [4.78, 5) is 14.0. The number of hydrogen-bond acceptors (Lipinski definition) is 3. The molecule has 1 rings (SSSR count). The second kappa shape index (κ2) is 6.21. The molecule has 1 aliphatic heterocycles. The van der Waals surface area contributed by atoms with Gasteiger partial charge in [-0.15, -0.1) is 0 Å². The molecule has 1 amide bonds. The van der Waals surface area contributed by atoms with Crippen molar-refractivity contribution in [3.05, 3.63) is 0 Å². The van der Waals surface area contributed by atoms with Crippen LogP contribution >= 0.6 is 0 Å². The highest BCUT2D eigenvalue weighted by atomic mass is 16.3. The molecule has 1 aliphatic rings. The lowest BCUT2D eigenvalue weighted by Gasteiger charge is -2.34. The Morgan fingerprint density at radius 2 is 2.19 bits per heavy atom. The van der Waals surface area contributed by atoms with Crippen molar-refractivity contribution in [3.8, 4) is 0 Å². The fourth-order valence-electron chi connectivity index (χ4n) is 2.11. The molecule has 2 atom stereocenters. The minimum Gasteiger partial charge on any atom is -0.396 e. The summed E-state index contributed by atoms with van der Waals surface area (Å²) in [6.07, 6.45) is 1.98. The zero-order valence-corrected chi connectivity index (χ0v) is 10.6. The molecular formula is C12H24N2O2. The number of hydrogen-bond donors (Lipinski definition) is 2. The molecule has 0 bridgehead atoms. The van der Waals surface area contributed by atoms with Gasteiger partial charge in [0.05, 0.1) is 6.04 Å². The van der Waals surface area contributed by atoms with Crippen molar-refractivity contribution in [2.24, 2.45) is 5.92 Å². The lowest BCUT2D eigenvalue weighted by Crippen LogP contribution is -2.53. The molecule has 4 nitrogen and oxygen atoms in total. The normalized spacial score (nSPS) is 23.9. The van der Waals surface area contributed by atoms with Gasteiger partial charge in [-0.25, -0.2) is 0 Å². The molecule has 0 aromatic heterocycles. The van der Waals surface area contributed by atoms with Gasteiger partial charge in [0.1, 0.15) is 0 Å². The van der Waals surface area contributed by atoms with E-state index in [1.807, 2.05) is 11.8 Å². The van der Waals surface area contributed by atoms with Gasteiger partial charge in [0.25, 0.3) is 0 Å². The van der Waals surface area contributed by atoms with Crippen LogP contribution in [0.5, 0.6) is 0 Å². The van der Waals surface area contributed by atoms with Gasteiger partial charge in [-0.2, -0.15) is 0 Å². The van der Waals surface area contributed by atoms with Crippen molar-refractivity contribution < 1.29 is 9.90 Å². The molecule has 16 heavy (non-hydrogen) atoms. The lowest BCUT2D eigenvalue weighted by molar-refractivity contribution is -0.137. The van der Waals surface area contributed by atoms with E-state index in [4.69, 9.17) is 5.11 Å². The van der Waals surface area contributed by atoms with E-state index in [0.29, 0.717) is 12.6 Å². The number of aliphatic hydroxyl groups is 1. The molecule has 94 valence electrons. The third-order valence-corrected chi connectivity index (χ3v) is 2.91. The summed E-state index contributed by atoms with van der Waals surface area (Å²) < 4.78 is 0. The molecule has 2 N–H and O–H groups in total. The lowest BCUT2D eigenvalue weighted by atomic mass is 10.0. The standard InChI is InChI=1S/C12H24N2O2/c1-9(2)13-11-5-4-6-14(12(11)16)7-10(3)8-15/h9-11,13,15H,4-8H2,1-3H3. The largest absolute Gasteiger partial charge is 0.396 e.